The zero-order chi connectivity index (χ0) is 20.5. The fraction of sp³-hybridized carbons (Fsp3) is 0.208. The Morgan fingerprint density at radius 1 is 1.13 bits per heavy atom. The summed E-state index contributed by atoms with van der Waals surface area (Å²) in [5, 5.41) is 5.81. The first-order valence-electron chi connectivity index (χ1n) is 10.1. The number of nitrogens with one attached hydrogen (secondary N) is 1. The highest BCUT2D eigenvalue weighted by Gasteiger charge is 2.26. The van der Waals surface area contributed by atoms with E-state index in [2.05, 4.69) is 59.6 Å². The van der Waals surface area contributed by atoms with Crippen molar-refractivity contribution in [1.29, 1.82) is 0 Å². The predicted molar refractivity (Wildman–Crippen MR) is 123 cm³/mol. The Morgan fingerprint density at radius 2 is 2.00 bits per heavy atom. The molecule has 1 aliphatic heterocycles. The fourth-order valence-electron chi connectivity index (χ4n) is 3.70. The topological polar surface area (TPSA) is 59.4 Å². The molecule has 0 amide bonds. The van der Waals surface area contributed by atoms with Crippen LogP contribution in [0.5, 0.6) is 5.75 Å². The summed E-state index contributed by atoms with van der Waals surface area (Å²) in [6, 6.07) is 18.7. The minimum atomic E-state index is -0.0692. The van der Waals surface area contributed by atoms with Crippen LogP contribution in [-0.2, 0) is 6.42 Å². The average Bonchev–Trinajstić information content (AvgIpc) is 3.22. The normalized spacial score (nSPS) is 17.0. The van der Waals surface area contributed by atoms with E-state index < -0.39 is 0 Å². The number of anilines is 1. The van der Waals surface area contributed by atoms with E-state index in [0.717, 1.165) is 45.0 Å². The van der Waals surface area contributed by atoms with E-state index in [9.17, 15) is 0 Å². The molecule has 1 N–H and O–H groups in total. The molecular weight excluding hydrogens is 392 g/mol. The number of hydrazone groups is 1. The van der Waals surface area contributed by atoms with Crippen molar-refractivity contribution in [2.45, 2.75) is 32.8 Å². The van der Waals surface area contributed by atoms with Gasteiger partial charge < -0.3 is 4.74 Å². The molecule has 5 nitrogen and oxygen atoms in total. The molecule has 2 aromatic heterocycles. The highest BCUT2D eigenvalue weighted by Crippen LogP contribution is 2.36. The molecule has 0 aliphatic carbocycles. The summed E-state index contributed by atoms with van der Waals surface area (Å²) in [6.07, 6.45) is 3.19. The number of aromatic nitrogens is 2. The highest BCUT2D eigenvalue weighted by molar-refractivity contribution is 7.18. The van der Waals surface area contributed by atoms with Crippen molar-refractivity contribution in [2.75, 3.05) is 5.43 Å². The van der Waals surface area contributed by atoms with Crippen molar-refractivity contribution in [2.24, 2.45) is 5.10 Å². The van der Waals surface area contributed by atoms with Crippen LogP contribution in [0.25, 0.3) is 10.2 Å². The third-order valence-corrected chi connectivity index (χ3v) is 6.48. The van der Waals surface area contributed by atoms with Gasteiger partial charge in [-0.25, -0.2) is 9.97 Å². The Morgan fingerprint density at radius 3 is 2.83 bits per heavy atom. The molecule has 4 aromatic rings. The summed E-state index contributed by atoms with van der Waals surface area (Å²) < 4.78 is 6.31. The van der Waals surface area contributed by atoms with Crippen LogP contribution in [0.15, 0.2) is 66.0 Å². The molecule has 0 spiro atoms. The Hall–Kier alpha value is -3.25. The minimum Gasteiger partial charge on any atom is -0.485 e. The summed E-state index contributed by atoms with van der Waals surface area (Å²) in [5.41, 5.74) is 7.53. The Kier molecular flexibility index (Phi) is 4.93. The summed E-state index contributed by atoms with van der Waals surface area (Å²) >= 11 is 1.70. The second kappa shape index (κ2) is 7.88. The van der Waals surface area contributed by atoms with Crippen LogP contribution in [-0.4, -0.2) is 15.7 Å². The molecule has 0 saturated carbocycles. The molecule has 6 heteroatoms. The maximum absolute atomic E-state index is 6.31. The number of hydrogen-bond acceptors (Lipinski definition) is 6. The van der Waals surface area contributed by atoms with Gasteiger partial charge in [-0.2, -0.15) is 5.10 Å². The molecule has 0 fully saturated rings. The van der Waals surface area contributed by atoms with Gasteiger partial charge in [0.1, 0.15) is 23.0 Å². The van der Waals surface area contributed by atoms with Crippen molar-refractivity contribution in [3.63, 3.8) is 0 Å². The molecule has 30 heavy (non-hydrogen) atoms. The molecule has 0 radical (unpaired) electrons. The lowest BCUT2D eigenvalue weighted by molar-refractivity contribution is 0.206. The van der Waals surface area contributed by atoms with Crippen molar-refractivity contribution in [1.82, 2.24) is 9.97 Å². The Labute approximate surface area is 179 Å². The van der Waals surface area contributed by atoms with Gasteiger partial charge in [0.2, 0.25) is 0 Å². The molecule has 2 aromatic carbocycles. The molecule has 1 atom stereocenters. The zero-order valence-corrected chi connectivity index (χ0v) is 17.7. The predicted octanol–water partition coefficient (Wildman–Crippen LogP) is 5.90. The summed E-state index contributed by atoms with van der Waals surface area (Å²) in [7, 11) is 0. The third kappa shape index (κ3) is 3.55. The first-order chi connectivity index (χ1) is 14.7. The van der Waals surface area contributed by atoms with Crippen LogP contribution in [0.2, 0.25) is 0 Å². The number of aryl methyl sites for hydroxylation is 2. The van der Waals surface area contributed by atoms with Crippen LogP contribution in [0.4, 0.5) is 5.82 Å². The van der Waals surface area contributed by atoms with Gasteiger partial charge in [0.15, 0.2) is 5.82 Å². The molecule has 3 heterocycles. The van der Waals surface area contributed by atoms with E-state index in [1.54, 1.807) is 17.7 Å². The van der Waals surface area contributed by atoms with E-state index >= 15 is 0 Å². The third-order valence-electron chi connectivity index (χ3n) is 5.29. The monoisotopic (exact) mass is 414 g/mol. The highest BCUT2D eigenvalue weighted by atomic mass is 32.1. The first-order valence-corrected chi connectivity index (χ1v) is 10.9. The smallest absolute Gasteiger partial charge is 0.158 e. The van der Waals surface area contributed by atoms with Gasteiger partial charge in [0.05, 0.1) is 11.1 Å². The fourth-order valence-corrected chi connectivity index (χ4v) is 4.64. The molecule has 150 valence electrons. The minimum absolute atomic E-state index is 0.0692. The van der Waals surface area contributed by atoms with Gasteiger partial charge in [-0.3, -0.25) is 5.43 Å². The second-order valence-corrected chi connectivity index (χ2v) is 8.51. The lowest BCUT2D eigenvalue weighted by Crippen LogP contribution is -2.22. The summed E-state index contributed by atoms with van der Waals surface area (Å²) in [5.74, 6) is 1.60. The average molecular weight is 415 g/mol. The van der Waals surface area contributed by atoms with Crippen LogP contribution in [0, 0.1) is 6.92 Å². The van der Waals surface area contributed by atoms with Crippen molar-refractivity contribution in [3.05, 3.63) is 82.5 Å². The molecule has 0 bridgehead atoms. The van der Waals surface area contributed by atoms with Gasteiger partial charge in [-0.15, -0.1) is 11.3 Å². The van der Waals surface area contributed by atoms with Gasteiger partial charge in [-0.1, -0.05) is 48.9 Å². The first kappa shape index (κ1) is 18.8. The van der Waals surface area contributed by atoms with Crippen LogP contribution in [0.1, 0.15) is 41.0 Å². The maximum Gasteiger partial charge on any atom is 0.158 e. The molecule has 1 aliphatic rings. The van der Waals surface area contributed by atoms with Gasteiger partial charge in [0.25, 0.3) is 0 Å². The Bertz CT molecular complexity index is 1230. The maximum atomic E-state index is 6.31. The van der Waals surface area contributed by atoms with E-state index in [1.807, 2.05) is 24.3 Å². The van der Waals surface area contributed by atoms with Crippen molar-refractivity contribution < 1.29 is 4.74 Å². The standard InChI is InChI=1S/C24H22N4OS/c1-3-17-12-19-23(25-14-26-24(19)30-17)28-27-20-13-22(16-7-5-4-6-8-16)29-21-10-9-15(2)11-18(20)21/h4-12,14,22H,3,13H2,1-2H3,(H,25,26,28)/b27-20+. The SMILES string of the molecule is CCc1cc2c(N/N=C3\CC(c4ccccc4)Oc4ccc(C)cc43)ncnc2s1. The molecular formula is C24H22N4OS. The number of nitrogens with zero attached hydrogens (tertiary/aromatic N) is 3. The van der Waals surface area contributed by atoms with E-state index in [0.29, 0.717) is 6.42 Å². The number of thiophene rings is 1. The van der Waals surface area contributed by atoms with Crippen LogP contribution in [0.3, 0.4) is 0 Å². The lowest BCUT2D eigenvalue weighted by Gasteiger charge is -2.28. The lowest BCUT2D eigenvalue weighted by atomic mass is 9.94. The number of ether oxygens (including phenoxy) is 1. The quantitative estimate of drug-likeness (QED) is 0.422. The number of rotatable bonds is 4. The van der Waals surface area contributed by atoms with Gasteiger partial charge in [-0.05, 0) is 37.1 Å². The number of fused-ring (bicyclic) bond motifs is 2. The molecule has 1 unspecified atom stereocenters. The van der Waals surface area contributed by atoms with Crippen LogP contribution >= 0.6 is 11.3 Å². The molecule has 0 saturated heterocycles. The van der Waals surface area contributed by atoms with Crippen LogP contribution < -0.4 is 10.2 Å². The largest absolute Gasteiger partial charge is 0.485 e. The zero-order valence-electron chi connectivity index (χ0n) is 16.9. The number of benzene rings is 2. The second-order valence-electron chi connectivity index (χ2n) is 7.40. The van der Waals surface area contributed by atoms with Gasteiger partial charge in [0, 0.05) is 16.9 Å². The summed E-state index contributed by atoms with van der Waals surface area (Å²) in [4.78, 5) is 11.1. The van der Waals surface area contributed by atoms with E-state index in [1.165, 1.54) is 10.4 Å². The van der Waals surface area contributed by atoms with E-state index in [4.69, 9.17) is 9.84 Å². The van der Waals surface area contributed by atoms with E-state index in [-0.39, 0.29) is 6.10 Å². The van der Waals surface area contributed by atoms with Gasteiger partial charge >= 0.3 is 0 Å². The Balaban J connectivity index is 1.53. The van der Waals surface area contributed by atoms with Crippen molar-refractivity contribution >= 4 is 33.1 Å². The molecule has 5 rings (SSSR count). The number of hydrogen-bond donors (Lipinski definition) is 1. The summed E-state index contributed by atoms with van der Waals surface area (Å²) in [6.45, 7) is 4.23. The van der Waals surface area contributed by atoms with Crippen molar-refractivity contribution in [3.8, 4) is 5.75 Å².